The predicted molar refractivity (Wildman–Crippen MR) is 62.2 cm³/mol. The number of benzene rings is 1. The van der Waals surface area contributed by atoms with Crippen molar-refractivity contribution in [1.29, 1.82) is 0 Å². The zero-order chi connectivity index (χ0) is 10.1. The van der Waals surface area contributed by atoms with Crippen LogP contribution in [0.4, 0.5) is 0 Å². The molecule has 0 saturated heterocycles. The van der Waals surface area contributed by atoms with Gasteiger partial charge in [-0.25, -0.2) is 0 Å². The van der Waals surface area contributed by atoms with Crippen LogP contribution < -0.4 is 10.4 Å². The highest BCUT2D eigenvalue weighted by Crippen LogP contribution is 2.46. The number of hydrogen-bond donors (Lipinski definition) is 0. The summed E-state index contributed by atoms with van der Waals surface area (Å²) >= 11 is 0. The van der Waals surface area contributed by atoms with Crippen LogP contribution in [0.1, 0.15) is 27.2 Å². The lowest BCUT2D eigenvalue weighted by atomic mass is 10.0. The summed E-state index contributed by atoms with van der Waals surface area (Å²) in [5.41, 5.74) is 1.61. The van der Waals surface area contributed by atoms with Crippen molar-refractivity contribution >= 4 is 11.6 Å². The highest BCUT2D eigenvalue weighted by atomic mass is 14.4. The molecule has 74 valence electrons. The summed E-state index contributed by atoms with van der Waals surface area (Å²) in [5, 5.41) is 2.94. The molecule has 1 fully saturated rings. The fraction of sp³-hybridized carbons (Fsp3) is 0.429. The van der Waals surface area contributed by atoms with Crippen LogP contribution in [0.15, 0.2) is 24.3 Å². The second kappa shape index (κ2) is 3.61. The average molecular weight is 186 g/mol. The Hall–Kier alpha value is -1.04. The van der Waals surface area contributed by atoms with Crippen LogP contribution in [-0.2, 0) is 0 Å². The summed E-state index contributed by atoms with van der Waals surface area (Å²) in [5.74, 6) is 1.76. The van der Waals surface area contributed by atoms with Gasteiger partial charge < -0.3 is 0 Å². The van der Waals surface area contributed by atoms with Gasteiger partial charge in [0, 0.05) is 0 Å². The van der Waals surface area contributed by atoms with Crippen molar-refractivity contribution in [2.75, 3.05) is 0 Å². The van der Waals surface area contributed by atoms with Gasteiger partial charge in [0.1, 0.15) is 0 Å². The standard InChI is InChI=1S/C12H12.C2H6/c1-8-11-5-3-2-4-9(11)6-10-7-12(8)10;1-2/h2-6,10,12H,7H2,1H3;1-2H3. The predicted octanol–water partition coefficient (Wildman–Crippen LogP) is 2.31. The first kappa shape index (κ1) is 9.51. The lowest BCUT2D eigenvalue weighted by Crippen LogP contribution is -2.29. The van der Waals surface area contributed by atoms with E-state index in [1.165, 1.54) is 16.9 Å². The van der Waals surface area contributed by atoms with Gasteiger partial charge in [0.05, 0.1) is 0 Å². The Morgan fingerprint density at radius 3 is 2.64 bits per heavy atom. The minimum absolute atomic E-state index is 0.875. The van der Waals surface area contributed by atoms with Crippen LogP contribution in [0.5, 0.6) is 0 Å². The molecule has 0 heteroatoms. The van der Waals surface area contributed by atoms with Gasteiger partial charge in [-0.15, -0.1) is 0 Å². The molecule has 0 aliphatic heterocycles. The molecular weight excluding hydrogens is 168 g/mol. The monoisotopic (exact) mass is 186 g/mol. The number of fused-ring (bicyclic) bond motifs is 2. The first-order valence-electron chi connectivity index (χ1n) is 5.64. The van der Waals surface area contributed by atoms with Gasteiger partial charge in [0.25, 0.3) is 0 Å². The Morgan fingerprint density at radius 2 is 1.86 bits per heavy atom. The van der Waals surface area contributed by atoms with Crippen molar-refractivity contribution < 1.29 is 0 Å². The third kappa shape index (κ3) is 1.39. The largest absolute Gasteiger partial charge is 0.0729 e. The second-order valence-electron chi connectivity index (χ2n) is 3.94. The Kier molecular flexibility index (Phi) is 2.45. The topological polar surface area (TPSA) is 0 Å². The molecule has 0 aromatic heterocycles. The highest BCUT2D eigenvalue weighted by Gasteiger charge is 2.37. The SMILES string of the molecule is CC.CC1=c2ccccc2=CC2CC12. The van der Waals surface area contributed by atoms with Gasteiger partial charge in [-0.3, -0.25) is 0 Å². The van der Waals surface area contributed by atoms with Crippen molar-refractivity contribution in [3.05, 3.63) is 34.7 Å². The second-order valence-corrected chi connectivity index (χ2v) is 3.94. The minimum atomic E-state index is 0.875. The van der Waals surface area contributed by atoms with E-state index in [-0.39, 0.29) is 0 Å². The quantitative estimate of drug-likeness (QED) is 0.583. The third-order valence-electron chi connectivity index (χ3n) is 3.18. The van der Waals surface area contributed by atoms with Gasteiger partial charge in [-0.1, -0.05) is 49.8 Å². The Bertz CT molecular complexity index is 439. The lowest BCUT2D eigenvalue weighted by Gasteiger charge is -2.04. The van der Waals surface area contributed by atoms with Crippen LogP contribution >= 0.6 is 0 Å². The van der Waals surface area contributed by atoms with Gasteiger partial charge in [0.15, 0.2) is 0 Å². The number of rotatable bonds is 0. The zero-order valence-electron chi connectivity index (χ0n) is 9.25. The van der Waals surface area contributed by atoms with Crippen molar-refractivity contribution in [3.63, 3.8) is 0 Å². The number of hydrogen-bond acceptors (Lipinski definition) is 0. The Morgan fingerprint density at radius 1 is 1.14 bits per heavy atom. The highest BCUT2D eigenvalue weighted by molar-refractivity contribution is 5.58. The summed E-state index contributed by atoms with van der Waals surface area (Å²) in [4.78, 5) is 0. The molecule has 0 nitrogen and oxygen atoms in total. The van der Waals surface area contributed by atoms with Crippen molar-refractivity contribution in [2.24, 2.45) is 11.8 Å². The third-order valence-corrected chi connectivity index (χ3v) is 3.18. The van der Waals surface area contributed by atoms with Crippen LogP contribution in [0.3, 0.4) is 0 Å². The van der Waals surface area contributed by atoms with Crippen LogP contribution in [0, 0.1) is 11.8 Å². The van der Waals surface area contributed by atoms with Crippen molar-refractivity contribution in [1.82, 2.24) is 0 Å². The summed E-state index contributed by atoms with van der Waals surface area (Å²) in [7, 11) is 0. The molecule has 2 aliphatic carbocycles. The molecule has 0 heterocycles. The summed E-state index contributed by atoms with van der Waals surface area (Å²) in [6, 6.07) is 8.74. The summed E-state index contributed by atoms with van der Waals surface area (Å²) in [6.45, 7) is 6.29. The molecule has 0 bridgehead atoms. The fourth-order valence-corrected chi connectivity index (χ4v) is 2.33. The van der Waals surface area contributed by atoms with Gasteiger partial charge in [-0.2, -0.15) is 0 Å². The van der Waals surface area contributed by atoms with Crippen LogP contribution in [0.2, 0.25) is 0 Å². The molecule has 2 unspecified atom stereocenters. The van der Waals surface area contributed by atoms with Crippen LogP contribution in [-0.4, -0.2) is 0 Å². The van der Waals surface area contributed by atoms with Gasteiger partial charge in [-0.05, 0) is 35.6 Å². The molecule has 3 rings (SSSR count). The molecule has 14 heavy (non-hydrogen) atoms. The van der Waals surface area contributed by atoms with E-state index in [0.717, 1.165) is 11.8 Å². The van der Waals surface area contributed by atoms with E-state index in [1.54, 1.807) is 5.57 Å². The normalized spacial score (nSPS) is 26.4. The maximum Gasteiger partial charge on any atom is -0.0127 e. The molecule has 2 atom stereocenters. The molecule has 0 radical (unpaired) electrons. The molecule has 1 aromatic rings. The lowest BCUT2D eigenvalue weighted by molar-refractivity contribution is 1.01. The first-order valence-corrected chi connectivity index (χ1v) is 5.64. The van der Waals surface area contributed by atoms with Crippen LogP contribution in [0.25, 0.3) is 11.6 Å². The van der Waals surface area contributed by atoms with E-state index in [2.05, 4.69) is 37.3 Å². The molecule has 0 amide bonds. The maximum atomic E-state index is 2.44. The fourth-order valence-electron chi connectivity index (χ4n) is 2.33. The van der Waals surface area contributed by atoms with Crippen molar-refractivity contribution in [2.45, 2.75) is 27.2 Å². The smallest absolute Gasteiger partial charge is 0.0127 e. The van der Waals surface area contributed by atoms with E-state index in [9.17, 15) is 0 Å². The Labute approximate surface area is 86.0 Å². The van der Waals surface area contributed by atoms with Gasteiger partial charge in [0.2, 0.25) is 0 Å². The molecule has 0 spiro atoms. The summed E-state index contributed by atoms with van der Waals surface area (Å²) in [6.07, 6.45) is 3.83. The molecule has 1 aromatic carbocycles. The van der Waals surface area contributed by atoms with E-state index >= 15 is 0 Å². The summed E-state index contributed by atoms with van der Waals surface area (Å²) < 4.78 is 0. The van der Waals surface area contributed by atoms with E-state index in [4.69, 9.17) is 0 Å². The zero-order valence-corrected chi connectivity index (χ0v) is 9.25. The molecule has 1 saturated carbocycles. The van der Waals surface area contributed by atoms with E-state index in [1.807, 2.05) is 13.8 Å². The molecule has 0 N–H and O–H groups in total. The van der Waals surface area contributed by atoms with Gasteiger partial charge >= 0.3 is 0 Å². The molecule has 2 aliphatic rings. The maximum absolute atomic E-state index is 2.44. The van der Waals surface area contributed by atoms with E-state index in [0.29, 0.717) is 0 Å². The average Bonchev–Trinajstić information content (AvgIpc) is 3.01. The first-order chi connectivity index (χ1) is 6.86. The minimum Gasteiger partial charge on any atom is -0.0729 e. The Balaban J connectivity index is 0.000000354. The van der Waals surface area contributed by atoms with Crippen molar-refractivity contribution in [3.8, 4) is 0 Å². The van der Waals surface area contributed by atoms with E-state index < -0.39 is 0 Å². The molecular formula is C14H18.